The van der Waals surface area contributed by atoms with E-state index in [4.69, 9.17) is 0 Å². The molecule has 1 aromatic rings. The molecule has 3 nitrogen and oxygen atoms in total. The Kier molecular flexibility index (Phi) is 4.34. The highest BCUT2D eigenvalue weighted by atomic mass is 79.9. The van der Waals surface area contributed by atoms with Crippen LogP contribution in [0, 0.1) is 0 Å². The van der Waals surface area contributed by atoms with E-state index in [1.165, 1.54) is 0 Å². The molecular weight excluding hydrogens is 348 g/mol. The Bertz CT molecular complexity index is 456. The summed E-state index contributed by atoms with van der Waals surface area (Å²) in [5, 5.41) is 9.73. The third kappa shape index (κ3) is 4.22. The van der Waals surface area contributed by atoms with Crippen molar-refractivity contribution >= 4 is 41.7 Å². The number of hydrogen-bond donors (Lipinski definition) is 1. The zero-order valence-electron chi connectivity index (χ0n) is 7.94. The Labute approximate surface area is 106 Å². The smallest absolute Gasteiger partial charge is 0.150 e. The summed E-state index contributed by atoms with van der Waals surface area (Å²) >= 11 is 6.53. The van der Waals surface area contributed by atoms with Gasteiger partial charge in [-0.25, -0.2) is 8.42 Å². The Morgan fingerprint density at radius 2 is 2.00 bits per heavy atom. The van der Waals surface area contributed by atoms with Crippen LogP contribution in [0.25, 0.3) is 0 Å². The Morgan fingerprint density at radius 1 is 1.40 bits per heavy atom. The third-order valence-corrected chi connectivity index (χ3v) is 3.91. The van der Waals surface area contributed by atoms with Crippen LogP contribution < -0.4 is 0 Å². The number of sulfone groups is 1. The molecule has 0 spiro atoms. The van der Waals surface area contributed by atoms with E-state index in [0.29, 0.717) is 10.0 Å². The van der Waals surface area contributed by atoms with Crippen molar-refractivity contribution < 1.29 is 13.5 Å². The van der Waals surface area contributed by atoms with E-state index in [1.807, 2.05) is 0 Å². The van der Waals surface area contributed by atoms with Gasteiger partial charge in [0.15, 0.2) is 0 Å². The quantitative estimate of drug-likeness (QED) is 0.902. The van der Waals surface area contributed by atoms with Gasteiger partial charge in [0.25, 0.3) is 0 Å². The fourth-order valence-electron chi connectivity index (χ4n) is 1.15. The Hall–Kier alpha value is 0.0900. The van der Waals surface area contributed by atoms with Gasteiger partial charge in [-0.2, -0.15) is 0 Å². The number of aliphatic hydroxyl groups is 1. The molecule has 0 saturated carbocycles. The number of rotatable bonds is 3. The van der Waals surface area contributed by atoms with Crippen molar-refractivity contribution in [1.82, 2.24) is 0 Å². The van der Waals surface area contributed by atoms with Gasteiger partial charge in [-0.05, 0) is 23.8 Å². The minimum atomic E-state index is -3.19. The van der Waals surface area contributed by atoms with Crippen LogP contribution in [0.2, 0.25) is 0 Å². The monoisotopic (exact) mass is 356 g/mol. The molecule has 0 amide bonds. The summed E-state index contributed by atoms with van der Waals surface area (Å²) in [7, 11) is -3.19. The molecule has 6 heteroatoms. The molecule has 0 fully saturated rings. The maximum atomic E-state index is 11.0. The van der Waals surface area contributed by atoms with Gasteiger partial charge < -0.3 is 5.11 Å². The summed E-state index contributed by atoms with van der Waals surface area (Å²) in [6, 6.07) is 5.26. The second-order valence-corrected chi connectivity index (χ2v) is 7.23. The number of benzene rings is 1. The lowest BCUT2D eigenvalue weighted by molar-refractivity contribution is 0.201. The van der Waals surface area contributed by atoms with Gasteiger partial charge >= 0.3 is 0 Å². The zero-order valence-corrected chi connectivity index (χ0v) is 11.9. The molecule has 0 saturated heterocycles. The first-order chi connectivity index (χ1) is 6.79. The predicted octanol–water partition coefficient (Wildman–Crippen LogP) is 2.29. The molecule has 1 atom stereocenters. The summed E-state index contributed by atoms with van der Waals surface area (Å²) in [6.45, 7) is 0. The summed E-state index contributed by atoms with van der Waals surface area (Å²) in [4.78, 5) is 0. The van der Waals surface area contributed by atoms with Crippen molar-refractivity contribution in [3.63, 3.8) is 0 Å². The minimum Gasteiger partial charge on any atom is -0.387 e. The largest absolute Gasteiger partial charge is 0.387 e. The van der Waals surface area contributed by atoms with Gasteiger partial charge in [-0.3, -0.25) is 0 Å². The van der Waals surface area contributed by atoms with E-state index < -0.39 is 15.9 Å². The molecule has 0 aliphatic rings. The molecule has 15 heavy (non-hydrogen) atoms. The average Bonchev–Trinajstić information content (AvgIpc) is 2.06. The average molecular weight is 358 g/mol. The minimum absolute atomic E-state index is 0.276. The van der Waals surface area contributed by atoms with Gasteiger partial charge in [0, 0.05) is 15.2 Å². The van der Waals surface area contributed by atoms with Gasteiger partial charge in [0.2, 0.25) is 0 Å². The van der Waals surface area contributed by atoms with Crippen molar-refractivity contribution in [2.45, 2.75) is 6.10 Å². The molecule has 0 bridgehead atoms. The van der Waals surface area contributed by atoms with E-state index in [2.05, 4.69) is 31.9 Å². The van der Waals surface area contributed by atoms with E-state index in [1.54, 1.807) is 18.2 Å². The molecule has 1 N–H and O–H groups in total. The number of aliphatic hydroxyl groups excluding tert-OH is 1. The summed E-state index contributed by atoms with van der Waals surface area (Å²) in [5.74, 6) is -0.276. The van der Waals surface area contributed by atoms with Crippen LogP contribution in [0.3, 0.4) is 0 Å². The highest BCUT2D eigenvalue weighted by Crippen LogP contribution is 2.27. The number of halogens is 2. The molecule has 1 rings (SSSR count). The van der Waals surface area contributed by atoms with Crippen LogP contribution in [0.1, 0.15) is 11.7 Å². The Balaban J connectivity index is 3.00. The van der Waals surface area contributed by atoms with Crippen molar-refractivity contribution in [3.8, 4) is 0 Å². The molecule has 84 valence electrons. The van der Waals surface area contributed by atoms with E-state index in [0.717, 1.165) is 10.7 Å². The lowest BCUT2D eigenvalue weighted by atomic mass is 10.1. The fraction of sp³-hybridized carbons (Fsp3) is 0.333. The van der Waals surface area contributed by atoms with E-state index in [-0.39, 0.29) is 5.75 Å². The maximum absolute atomic E-state index is 11.0. The third-order valence-electron chi connectivity index (χ3n) is 1.78. The lowest BCUT2D eigenvalue weighted by Crippen LogP contribution is -2.13. The lowest BCUT2D eigenvalue weighted by Gasteiger charge is -2.12. The van der Waals surface area contributed by atoms with Gasteiger partial charge in [0.1, 0.15) is 9.84 Å². The maximum Gasteiger partial charge on any atom is 0.150 e. The van der Waals surface area contributed by atoms with Gasteiger partial charge in [0.05, 0.1) is 11.9 Å². The van der Waals surface area contributed by atoms with E-state index in [9.17, 15) is 13.5 Å². The predicted molar refractivity (Wildman–Crippen MR) is 66.5 cm³/mol. The Morgan fingerprint density at radius 3 is 2.53 bits per heavy atom. The topological polar surface area (TPSA) is 54.4 Å². The normalized spacial score (nSPS) is 13.9. The first-order valence-electron chi connectivity index (χ1n) is 4.10. The first-order valence-corrected chi connectivity index (χ1v) is 7.75. The van der Waals surface area contributed by atoms with Crippen LogP contribution >= 0.6 is 31.9 Å². The molecule has 0 aliphatic heterocycles. The summed E-state index contributed by atoms with van der Waals surface area (Å²) in [5.41, 5.74) is 0.565. The second kappa shape index (κ2) is 4.95. The highest BCUT2D eigenvalue weighted by molar-refractivity contribution is 9.11. The molecule has 0 aromatic heterocycles. The molecule has 0 aliphatic carbocycles. The molecule has 0 radical (unpaired) electrons. The van der Waals surface area contributed by atoms with Crippen molar-refractivity contribution in [2.75, 3.05) is 12.0 Å². The molecule has 1 aromatic carbocycles. The van der Waals surface area contributed by atoms with Crippen molar-refractivity contribution in [3.05, 3.63) is 32.7 Å². The van der Waals surface area contributed by atoms with Crippen LogP contribution in [-0.2, 0) is 9.84 Å². The van der Waals surface area contributed by atoms with Gasteiger partial charge in [-0.1, -0.05) is 31.9 Å². The van der Waals surface area contributed by atoms with Crippen LogP contribution in [0.5, 0.6) is 0 Å². The summed E-state index contributed by atoms with van der Waals surface area (Å²) < 4.78 is 23.5. The SMILES string of the molecule is CS(=O)(=O)CC(O)c1cc(Br)ccc1Br. The van der Waals surface area contributed by atoms with Crippen LogP contribution in [-0.4, -0.2) is 25.5 Å². The van der Waals surface area contributed by atoms with E-state index >= 15 is 0 Å². The van der Waals surface area contributed by atoms with Crippen LogP contribution in [0.4, 0.5) is 0 Å². The zero-order chi connectivity index (χ0) is 11.6. The highest BCUT2D eigenvalue weighted by Gasteiger charge is 2.17. The molecule has 0 heterocycles. The molecule has 1 unspecified atom stereocenters. The first kappa shape index (κ1) is 13.2. The van der Waals surface area contributed by atoms with Crippen molar-refractivity contribution in [1.29, 1.82) is 0 Å². The van der Waals surface area contributed by atoms with Gasteiger partial charge in [-0.15, -0.1) is 0 Å². The standard InChI is InChI=1S/C9H10Br2O3S/c1-15(13,14)5-9(12)7-4-6(10)2-3-8(7)11/h2-4,9,12H,5H2,1H3. The number of hydrogen-bond acceptors (Lipinski definition) is 3. The molecular formula is C9H10Br2O3S. The fourth-order valence-corrected chi connectivity index (χ4v) is 2.79. The second-order valence-electron chi connectivity index (χ2n) is 3.27. The summed E-state index contributed by atoms with van der Waals surface area (Å²) in [6.07, 6.45) is 0.0918. The van der Waals surface area contributed by atoms with Crippen molar-refractivity contribution in [2.24, 2.45) is 0 Å². The van der Waals surface area contributed by atoms with Crippen LogP contribution in [0.15, 0.2) is 27.1 Å².